The molecule has 30 heavy (non-hydrogen) atoms. The smallest absolute Gasteiger partial charge is 0.108 e. The fraction of sp³-hybridized carbons (Fsp3) is 0.538. The Hall–Kier alpha value is -1.72. The van der Waals surface area contributed by atoms with Crippen LogP contribution in [0.4, 0.5) is 0 Å². The maximum atomic E-state index is 6.34. The Morgan fingerprint density at radius 2 is 1.27 bits per heavy atom. The van der Waals surface area contributed by atoms with Crippen molar-refractivity contribution in [1.29, 1.82) is 0 Å². The largest absolute Gasteiger partial charge is 0.372 e. The molecule has 2 saturated heterocycles. The highest BCUT2D eigenvalue weighted by molar-refractivity contribution is 5.29. The molecule has 1 atom stereocenters. The van der Waals surface area contributed by atoms with Crippen LogP contribution in [0.5, 0.6) is 0 Å². The molecule has 1 unspecified atom stereocenters. The fourth-order valence-corrected chi connectivity index (χ4v) is 3.60. The molecule has 2 aliphatic heterocycles. The van der Waals surface area contributed by atoms with Gasteiger partial charge in [0.05, 0.1) is 19.3 Å². The summed E-state index contributed by atoms with van der Waals surface area (Å²) < 4.78 is 11.7. The Bertz CT molecular complexity index is 614. The number of ether oxygens (including phenoxy) is 2. The van der Waals surface area contributed by atoms with Crippen LogP contribution in [0.3, 0.4) is 0 Å². The van der Waals surface area contributed by atoms with Crippen molar-refractivity contribution in [2.24, 2.45) is 0 Å². The second kappa shape index (κ2) is 14.3. The van der Waals surface area contributed by atoms with Crippen molar-refractivity contribution in [3.8, 4) is 0 Å². The SMILES string of the molecule is CC.CC.c1ccc(C(OCCN2CCN(CC3CO3)CC2)c2ccccc2)cc1. The van der Waals surface area contributed by atoms with E-state index in [9.17, 15) is 0 Å². The summed E-state index contributed by atoms with van der Waals surface area (Å²) in [6.07, 6.45) is 0.507. The summed E-state index contributed by atoms with van der Waals surface area (Å²) in [6, 6.07) is 21.0. The first-order valence-corrected chi connectivity index (χ1v) is 11.7. The Morgan fingerprint density at radius 3 is 1.73 bits per heavy atom. The molecule has 4 rings (SSSR count). The third kappa shape index (κ3) is 8.19. The van der Waals surface area contributed by atoms with Gasteiger partial charge in [0.25, 0.3) is 0 Å². The van der Waals surface area contributed by atoms with Crippen molar-refractivity contribution in [2.45, 2.75) is 39.9 Å². The van der Waals surface area contributed by atoms with Crippen LogP contribution in [0.1, 0.15) is 44.9 Å². The van der Waals surface area contributed by atoms with Gasteiger partial charge in [-0.05, 0) is 11.1 Å². The van der Waals surface area contributed by atoms with Crippen LogP contribution >= 0.6 is 0 Å². The van der Waals surface area contributed by atoms with E-state index >= 15 is 0 Å². The van der Waals surface area contributed by atoms with E-state index in [4.69, 9.17) is 9.47 Å². The van der Waals surface area contributed by atoms with Crippen molar-refractivity contribution < 1.29 is 9.47 Å². The van der Waals surface area contributed by atoms with E-state index in [0.29, 0.717) is 6.10 Å². The van der Waals surface area contributed by atoms with Crippen LogP contribution in [0.2, 0.25) is 0 Å². The molecular weight excluding hydrogens is 372 g/mol. The number of hydrogen-bond donors (Lipinski definition) is 0. The molecule has 0 saturated carbocycles. The van der Waals surface area contributed by atoms with Gasteiger partial charge < -0.3 is 9.47 Å². The van der Waals surface area contributed by atoms with E-state index in [0.717, 1.165) is 52.5 Å². The summed E-state index contributed by atoms with van der Waals surface area (Å²) in [5.74, 6) is 0. The highest BCUT2D eigenvalue weighted by Crippen LogP contribution is 2.25. The van der Waals surface area contributed by atoms with E-state index in [2.05, 4.69) is 70.5 Å². The van der Waals surface area contributed by atoms with Crippen LogP contribution in [0, 0.1) is 0 Å². The summed E-state index contributed by atoms with van der Waals surface area (Å²) in [5, 5.41) is 0. The number of benzene rings is 2. The molecule has 2 aromatic carbocycles. The maximum Gasteiger partial charge on any atom is 0.108 e. The molecule has 166 valence electrons. The lowest BCUT2D eigenvalue weighted by Crippen LogP contribution is -2.48. The molecule has 0 bridgehead atoms. The normalized spacial score (nSPS) is 18.8. The molecule has 0 amide bonds. The third-order valence-electron chi connectivity index (χ3n) is 5.23. The van der Waals surface area contributed by atoms with Crippen molar-refractivity contribution >= 4 is 0 Å². The number of hydrogen-bond acceptors (Lipinski definition) is 4. The van der Waals surface area contributed by atoms with E-state index in [-0.39, 0.29) is 6.10 Å². The van der Waals surface area contributed by atoms with Gasteiger partial charge in [0, 0.05) is 39.3 Å². The lowest BCUT2D eigenvalue weighted by molar-refractivity contribution is 0.0444. The molecule has 0 N–H and O–H groups in total. The molecule has 2 aliphatic rings. The summed E-state index contributed by atoms with van der Waals surface area (Å²) >= 11 is 0. The van der Waals surface area contributed by atoms with E-state index in [1.165, 1.54) is 11.1 Å². The Kier molecular flexibility index (Phi) is 11.7. The standard InChI is InChI=1S/C22H28N2O2.2C2H6/c1-3-7-19(8-4-1)22(20-9-5-2-6-10-20)25-16-15-23-11-13-24(14-12-23)17-21-18-26-21;2*1-2/h1-10,21-22H,11-18H2;2*1-2H3. The minimum Gasteiger partial charge on any atom is -0.372 e. The fourth-order valence-electron chi connectivity index (χ4n) is 3.60. The molecule has 0 aliphatic carbocycles. The van der Waals surface area contributed by atoms with Crippen LogP contribution in [-0.2, 0) is 9.47 Å². The number of nitrogens with zero attached hydrogens (tertiary/aromatic N) is 2. The van der Waals surface area contributed by atoms with E-state index in [1.807, 2.05) is 27.7 Å². The second-order valence-electron chi connectivity index (χ2n) is 7.17. The first kappa shape index (κ1) is 24.5. The van der Waals surface area contributed by atoms with Crippen LogP contribution in [-0.4, -0.2) is 68.4 Å². The Balaban J connectivity index is 0.000000757. The average molecular weight is 413 g/mol. The summed E-state index contributed by atoms with van der Waals surface area (Å²) in [4.78, 5) is 5.03. The van der Waals surface area contributed by atoms with Gasteiger partial charge in [-0.25, -0.2) is 0 Å². The van der Waals surface area contributed by atoms with Crippen molar-refractivity contribution in [3.63, 3.8) is 0 Å². The highest BCUT2D eigenvalue weighted by Gasteiger charge is 2.27. The van der Waals surface area contributed by atoms with Gasteiger partial charge in [0.15, 0.2) is 0 Å². The summed E-state index contributed by atoms with van der Waals surface area (Å²) in [7, 11) is 0. The molecule has 0 spiro atoms. The second-order valence-corrected chi connectivity index (χ2v) is 7.17. The van der Waals surface area contributed by atoms with Gasteiger partial charge in [0.1, 0.15) is 6.10 Å². The highest BCUT2D eigenvalue weighted by atomic mass is 16.6. The van der Waals surface area contributed by atoms with Gasteiger partial charge in [-0.15, -0.1) is 0 Å². The molecule has 2 aromatic rings. The molecule has 4 nitrogen and oxygen atoms in total. The quantitative estimate of drug-likeness (QED) is 0.579. The predicted molar refractivity (Wildman–Crippen MR) is 126 cm³/mol. The summed E-state index contributed by atoms with van der Waals surface area (Å²) in [5.41, 5.74) is 2.43. The zero-order valence-electron chi connectivity index (χ0n) is 19.3. The van der Waals surface area contributed by atoms with E-state index < -0.39 is 0 Å². The number of rotatable bonds is 8. The van der Waals surface area contributed by atoms with Crippen molar-refractivity contribution in [1.82, 2.24) is 9.80 Å². The van der Waals surface area contributed by atoms with Crippen LogP contribution < -0.4 is 0 Å². The molecule has 2 heterocycles. The Morgan fingerprint density at radius 1 is 0.800 bits per heavy atom. The lowest BCUT2D eigenvalue weighted by Gasteiger charge is -2.34. The molecule has 2 fully saturated rings. The van der Waals surface area contributed by atoms with Gasteiger partial charge in [-0.3, -0.25) is 9.80 Å². The van der Waals surface area contributed by atoms with Crippen molar-refractivity contribution in [3.05, 3.63) is 71.8 Å². The van der Waals surface area contributed by atoms with Crippen LogP contribution in [0.15, 0.2) is 60.7 Å². The average Bonchev–Trinajstić information content (AvgIpc) is 3.66. The summed E-state index contributed by atoms with van der Waals surface area (Å²) in [6.45, 7) is 16.3. The molecule has 0 radical (unpaired) electrons. The first-order valence-electron chi connectivity index (χ1n) is 11.7. The zero-order chi connectivity index (χ0) is 21.6. The minimum atomic E-state index is 0.00528. The van der Waals surface area contributed by atoms with Gasteiger partial charge >= 0.3 is 0 Å². The van der Waals surface area contributed by atoms with Gasteiger partial charge in [-0.2, -0.15) is 0 Å². The van der Waals surface area contributed by atoms with Gasteiger partial charge in [-0.1, -0.05) is 88.4 Å². The monoisotopic (exact) mass is 412 g/mol. The lowest BCUT2D eigenvalue weighted by atomic mass is 10.0. The Labute approximate surface area is 183 Å². The van der Waals surface area contributed by atoms with Crippen molar-refractivity contribution in [2.75, 3.05) is 52.5 Å². The minimum absolute atomic E-state index is 0.00528. The number of piperazine rings is 1. The maximum absolute atomic E-state index is 6.34. The molecular formula is C26H40N2O2. The zero-order valence-corrected chi connectivity index (χ0v) is 19.3. The number of epoxide rings is 1. The molecule has 4 heteroatoms. The predicted octanol–water partition coefficient (Wildman–Crippen LogP) is 4.86. The third-order valence-corrected chi connectivity index (χ3v) is 5.23. The molecule has 0 aromatic heterocycles. The topological polar surface area (TPSA) is 28.2 Å². The van der Waals surface area contributed by atoms with Crippen LogP contribution in [0.25, 0.3) is 0 Å². The first-order chi connectivity index (χ1) is 14.9. The van der Waals surface area contributed by atoms with Gasteiger partial charge in [0.2, 0.25) is 0 Å². The van der Waals surface area contributed by atoms with E-state index in [1.54, 1.807) is 0 Å².